The Hall–Kier alpha value is -0.810. The van der Waals surface area contributed by atoms with Crippen LogP contribution >= 0.6 is 15.9 Å². The van der Waals surface area contributed by atoms with Crippen LogP contribution in [0.25, 0.3) is 0 Å². The minimum Gasteiger partial charge on any atom is -0.350 e. The van der Waals surface area contributed by atoms with E-state index in [1.807, 2.05) is 30.9 Å². The first kappa shape index (κ1) is 17.2. The summed E-state index contributed by atoms with van der Waals surface area (Å²) in [7, 11) is 4.10. The van der Waals surface area contributed by atoms with Crippen molar-refractivity contribution in [3.63, 3.8) is 0 Å². The predicted molar refractivity (Wildman–Crippen MR) is 87.1 cm³/mol. The summed E-state index contributed by atoms with van der Waals surface area (Å²) in [5, 5.41) is 3.05. The number of rotatable bonds is 7. The lowest BCUT2D eigenvalue weighted by molar-refractivity contribution is 0.0919. The maximum absolute atomic E-state index is 12.3. The van der Waals surface area contributed by atoms with Crippen LogP contribution in [0.1, 0.15) is 37.7 Å². The van der Waals surface area contributed by atoms with Crippen molar-refractivity contribution in [2.45, 2.75) is 33.7 Å². The van der Waals surface area contributed by atoms with E-state index in [0.717, 1.165) is 29.7 Å². The van der Waals surface area contributed by atoms with Gasteiger partial charge in [0.2, 0.25) is 0 Å². The van der Waals surface area contributed by atoms with Gasteiger partial charge in [-0.3, -0.25) is 4.79 Å². The SMILES string of the molecule is CCCn1cc(Br)cc1C(=O)NCC(C)(C)CN(C)C. The van der Waals surface area contributed by atoms with Crippen molar-refractivity contribution in [3.8, 4) is 0 Å². The normalized spacial score (nSPS) is 11.9. The Kier molecular flexibility index (Phi) is 6.27. The summed E-state index contributed by atoms with van der Waals surface area (Å²) < 4.78 is 2.95. The van der Waals surface area contributed by atoms with E-state index in [1.54, 1.807) is 0 Å². The van der Waals surface area contributed by atoms with E-state index >= 15 is 0 Å². The Morgan fingerprint density at radius 1 is 1.45 bits per heavy atom. The summed E-state index contributed by atoms with van der Waals surface area (Å²) in [6.07, 6.45) is 2.97. The molecule has 1 aromatic rings. The van der Waals surface area contributed by atoms with E-state index in [1.165, 1.54) is 0 Å². The summed E-state index contributed by atoms with van der Waals surface area (Å²) in [4.78, 5) is 14.5. The van der Waals surface area contributed by atoms with Crippen LogP contribution in [0, 0.1) is 5.41 Å². The second kappa shape index (κ2) is 7.27. The zero-order valence-electron chi connectivity index (χ0n) is 13.2. The molecule has 1 heterocycles. The minimum atomic E-state index is -0.00372. The first-order valence-corrected chi connectivity index (χ1v) is 7.83. The van der Waals surface area contributed by atoms with Crippen LogP contribution in [0.4, 0.5) is 0 Å². The molecule has 114 valence electrons. The second-order valence-electron chi connectivity index (χ2n) is 6.32. The third-order valence-corrected chi connectivity index (χ3v) is 3.47. The Labute approximate surface area is 130 Å². The Bertz CT molecular complexity index is 452. The maximum Gasteiger partial charge on any atom is 0.267 e. The fourth-order valence-electron chi connectivity index (χ4n) is 2.41. The number of hydrogen-bond donors (Lipinski definition) is 1. The molecule has 0 saturated heterocycles. The number of halogens is 1. The summed E-state index contributed by atoms with van der Waals surface area (Å²) in [5.74, 6) is -0.00372. The monoisotopic (exact) mass is 343 g/mol. The maximum atomic E-state index is 12.3. The van der Waals surface area contributed by atoms with Gasteiger partial charge in [-0.1, -0.05) is 20.8 Å². The molecule has 5 heteroatoms. The number of amides is 1. The molecule has 0 spiro atoms. The highest BCUT2D eigenvalue weighted by Crippen LogP contribution is 2.17. The number of carbonyl (C=O) groups is 1. The summed E-state index contributed by atoms with van der Waals surface area (Å²) in [6, 6.07) is 1.88. The van der Waals surface area contributed by atoms with Crippen LogP contribution in [0.5, 0.6) is 0 Å². The summed E-state index contributed by atoms with van der Waals surface area (Å²) in [6.45, 7) is 8.89. The summed E-state index contributed by atoms with van der Waals surface area (Å²) >= 11 is 3.44. The molecule has 0 aliphatic carbocycles. The van der Waals surface area contributed by atoms with Crippen molar-refractivity contribution in [1.82, 2.24) is 14.8 Å². The molecule has 0 radical (unpaired) electrons. The first-order valence-electron chi connectivity index (χ1n) is 7.04. The Balaban J connectivity index is 2.67. The lowest BCUT2D eigenvalue weighted by Crippen LogP contribution is -2.40. The third kappa shape index (κ3) is 5.29. The Morgan fingerprint density at radius 2 is 2.10 bits per heavy atom. The fraction of sp³-hybridized carbons (Fsp3) is 0.667. The molecule has 1 aromatic heterocycles. The van der Waals surface area contributed by atoms with Gasteiger partial charge in [-0.05, 0) is 47.9 Å². The van der Waals surface area contributed by atoms with Crippen molar-refractivity contribution in [3.05, 3.63) is 22.4 Å². The highest BCUT2D eigenvalue weighted by molar-refractivity contribution is 9.10. The summed E-state index contributed by atoms with van der Waals surface area (Å²) in [5.41, 5.74) is 0.776. The van der Waals surface area contributed by atoms with Gasteiger partial charge < -0.3 is 14.8 Å². The van der Waals surface area contributed by atoms with Gasteiger partial charge in [0.15, 0.2) is 0 Å². The first-order chi connectivity index (χ1) is 9.25. The van der Waals surface area contributed by atoms with Gasteiger partial charge in [0.25, 0.3) is 5.91 Å². The van der Waals surface area contributed by atoms with Crippen molar-refractivity contribution < 1.29 is 4.79 Å². The van der Waals surface area contributed by atoms with E-state index in [0.29, 0.717) is 6.54 Å². The number of hydrogen-bond acceptors (Lipinski definition) is 2. The standard InChI is InChI=1S/C15H26BrN3O/c1-6-7-19-9-12(16)8-13(19)14(20)17-10-15(2,3)11-18(4)5/h8-9H,6-7,10-11H2,1-5H3,(H,17,20). The van der Waals surface area contributed by atoms with Gasteiger partial charge >= 0.3 is 0 Å². The third-order valence-electron chi connectivity index (χ3n) is 3.03. The number of nitrogens with one attached hydrogen (secondary N) is 1. The molecule has 0 bridgehead atoms. The lowest BCUT2D eigenvalue weighted by Gasteiger charge is -2.28. The molecule has 0 atom stereocenters. The van der Waals surface area contributed by atoms with Crippen LogP contribution in [0.3, 0.4) is 0 Å². The molecule has 0 aliphatic rings. The van der Waals surface area contributed by atoms with Crippen LogP contribution in [-0.4, -0.2) is 42.6 Å². The number of aryl methyl sites for hydroxylation is 1. The van der Waals surface area contributed by atoms with E-state index in [9.17, 15) is 4.79 Å². The van der Waals surface area contributed by atoms with Crippen LogP contribution in [0.15, 0.2) is 16.7 Å². The van der Waals surface area contributed by atoms with Crippen LogP contribution in [0.2, 0.25) is 0 Å². The molecule has 0 fully saturated rings. The Morgan fingerprint density at radius 3 is 2.65 bits per heavy atom. The zero-order valence-corrected chi connectivity index (χ0v) is 14.7. The van der Waals surface area contributed by atoms with Gasteiger partial charge in [0.1, 0.15) is 5.69 Å². The van der Waals surface area contributed by atoms with E-state index in [-0.39, 0.29) is 11.3 Å². The molecule has 1 amide bonds. The minimum absolute atomic E-state index is 0.00372. The average Bonchev–Trinajstić information content (AvgIpc) is 2.66. The van der Waals surface area contributed by atoms with Crippen LogP contribution < -0.4 is 5.32 Å². The molecule has 1 rings (SSSR count). The molecule has 20 heavy (non-hydrogen) atoms. The molecule has 0 aliphatic heterocycles. The quantitative estimate of drug-likeness (QED) is 0.826. The predicted octanol–water partition coefficient (Wildman–Crippen LogP) is 2.98. The zero-order chi connectivity index (χ0) is 15.3. The van der Waals surface area contributed by atoms with Gasteiger partial charge in [-0.25, -0.2) is 0 Å². The largest absolute Gasteiger partial charge is 0.350 e. The van der Waals surface area contributed by atoms with Crippen LogP contribution in [-0.2, 0) is 6.54 Å². The second-order valence-corrected chi connectivity index (χ2v) is 7.24. The molecule has 1 N–H and O–H groups in total. The van der Waals surface area contributed by atoms with Gasteiger partial charge in [0.05, 0.1) is 0 Å². The molecule has 0 aromatic carbocycles. The molecular weight excluding hydrogens is 318 g/mol. The van der Waals surface area contributed by atoms with Crippen molar-refractivity contribution >= 4 is 21.8 Å². The highest BCUT2D eigenvalue weighted by atomic mass is 79.9. The van der Waals surface area contributed by atoms with Gasteiger partial charge in [0, 0.05) is 30.3 Å². The topological polar surface area (TPSA) is 37.3 Å². The lowest BCUT2D eigenvalue weighted by atomic mass is 9.93. The van der Waals surface area contributed by atoms with Crippen molar-refractivity contribution in [2.24, 2.45) is 5.41 Å². The van der Waals surface area contributed by atoms with Crippen molar-refractivity contribution in [1.29, 1.82) is 0 Å². The number of nitrogens with zero attached hydrogens (tertiary/aromatic N) is 2. The van der Waals surface area contributed by atoms with E-state index in [2.05, 4.69) is 46.9 Å². The highest BCUT2D eigenvalue weighted by Gasteiger charge is 2.21. The molecule has 0 unspecified atom stereocenters. The number of carbonyl (C=O) groups excluding carboxylic acids is 1. The number of aromatic nitrogens is 1. The molecule has 4 nitrogen and oxygen atoms in total. The average molecular weight is 344 g/mol. The van der Waals surface area contributed by atoms with Gasteiger partial charge in [-0.2, -0.15) is 0 Å². The molecular formula is C15H26BrN3O. The van der Waals surface area contributed by atoms with E-state index in [4.69, 9.17) is 0 Å². The fourth-order valence-corrected chi connectivity index (χ4v) is 2.88. The molecule has 0 saturated carbocycles. The van der Waals surface area contributed by atoms with Crippen molar-refractivity contribution in [2.75, 3.05) is 27.2 Å². The smallest absolute Gasteiger partial charge is 0.267 e. The van der Waals surface area contributed by atoms with Gasteiger partial charge in [-0.15, -0.1) is 0 Å². The van der Waals surface area contributed by atoms with E-state index < -0.39 is 0 Å².